The van der Waals surface area contributed by atoms with E-state index in [0.717, 1.165) is 24.3 Å². The Kier molecular flexibility index (Phi) is 4.27. The maximum atomic E-state index is 13.0. The molecule has 2 aromatic rings. The maximum Gasteiger partial charge on any atom is 0.295 e. The van der Waals surface area contributed by atoms with Crippen molar-refractivity contribution >= 4 is 33.2 Å². The van der Waals surface area contributed by atoms with E-state index < -0.39 is 28.2 Å². The van der Waals surface area contributed by atoms with Crippen LogP contribution in [0.25, 0.3) is 0 Å². The second-order valence-corrected chi connectivity index (χ2v) is 4.85. The Morgan fingerprint density at radius 1 is 1.14 bits per heavy atom. The fourth-order valence-electron chi connectivity index (χ4n) is 1.62. The third-order valence-corrected chi connectivity index (χ3v) is 3.24. The van der Waals surface area contributed by atoms with E-state index in [2.05, 4.69) is 21.2 Å². The van der Waals surface area contributed by atoms with E-state index >= 15 is 0 Å². The van der Waals surface area contributed by atoms with Gasteiger partial charge in [0.15, 0.2) is 0 Å². The highest BCUT2D eigenvalue weighted by atomic mass is 79.9. The van der Waals surface area contributed by atoms with E-state index in [4.69, 9.17) is 0 Å². The molecule has 1 N–H and O–H groups in total. The van der Waals surface area contributed by atoms with Crippen LogP contribution >= 0.6 is 15.9 Å². The van der Waals surface area contributed by atoms with Crippen LogP contribution in [0, 0.1) is 21.7 Å². The molecule has 0 aliphatic carbocycles. The van der Waals surface area contributed by atoms with Gasteiger partial charge in [-0.05, 0) is 46.3 Å². The summed E-state index contributed by atoms with van der Waals surface area (Å²) in [4.78, 5) is 22.1. The summed E-state index contributed by atoms with van der Waals surface area (Å²) in [7, 11) is 0. The number of anilines is 1. The molecule has 0 aliphatic heterocycles. The van der Waals surface area contributed by atoms with Crippen LogP contribution in [-0.2, 0) is 0 Å². The minimum Gasteiger partial charge on any atom is -0.316 e. The highest BCUT2D eigenvalue weighted by molar-refractivity contribution is 9.10. The van der Waals surface area contributed by atoms with Gasteiger partial charge in [-0.15, -0.1) is 0 Å². The van der Waals surface area contributed by atoms with Crippen LogP contribution in [0.4, 0.5) is 20.2 Å². The number of amides is 1. The standard InChI is InChI=1S/C13H7BrF2N2O3/c14-10-5-7(15)1-3-9(10)13(19)17-11-4-2-8(16)6-12(11)18(20)21/h1-6H,(H,17,19). The molecule has 5 nitrogen and oxygen atoms in total. The van der Waals surface area contributed by atoms with E-state index in [1.54, 1.807) is 0 Å². The topological polar surface area (TPSA) is 72.2 Å². The number of hydrogen-bond donors (Lipinski definition) is 1. The lowest BCUT2D eigenvalue weighted by Crippen LogP contribution is -2.14. The van der Waals surface area contributed by atoms with E-state index in [1.807, 2.05) is 0 Å². The minimum absolute atomic E-state index is 0.0926. The first-order chi connectivity index (χ1) is 9.88. The largest absolute Gasteiger partial charge is 0.316 e. The lowest BCUT2D eigenvalue weighted by atomic mass is 10.2. The highest BCUT2D eigenvalue weighted by Crippen LogP contribution is 2.26. The average Bonchev–Trinajstić information content (AvgIpc) is 2.40. The second-order valence-electron chi connectivity index (χ2n) is 4.00. The molecule has 0 atom stereocenters. The molecule has 0 spiro atoms. The molecular formula is C13H7BrF2N2O3. The molecule has 0 fully saturated rings. The predicted octanol–water partition coefficient (Wildman–Crippen LogP) is 3.89. The van der Waals surface area contributed by atoms with Crippen molar-refractivity contribution in [3.8, 4) is 0 Å². The number of halogens is 3. The smallest absolute Gasteiger partial charge is 0.295 e. The van der Waals surface area contributed by atoms with E-state index in [9.17, 15) is 23.7 Å². The minimum atomic E-state index is -0.807. The number of nitrogens with zero attached hydrogens (tertiary/aromatic N) is 1. The molecule has 108 valence electrons. The number of benzene rings is 2. The molecule has 0 bridgehead atoms. The number of carbonyl (C=O) groups excluding carboxylic acids is 1. The predicted molar refractivity (Wildman–Crippen MR) is 75.1 cm³/mol. The molecule has 0 radical (unpaired) electrons. The number of hydrogen-bond acceptors (Lipinski definition) is 3. The van der Waals surface area contributed by atoms with Gasteiger partial charge in [0.2, 0.25) is 0 Å². The van der Waals surface area contributed by atoms with Crippen molar-refractivity contribution < 1.29 is 18.5 Å². The van der Waals surface area contributed by atoms with Crippen LogP contribution in [0.2, 0.25) is 0 Å². The maximum absolute atomic E-state index is 13.0. The summed E-state index contributed by atoms with van der Waals surface area (Å²) in [6, 6.07) is 6.18. The lowest BCUT2D eigenvalue weighted by Gasteiger charge is -2.07. The summed E-state index contributed by atoms with van der Waals surface area (Å²) in [5, 5.41) is 13.1. The molecular weight excluding hydrogens is 350 g/mol. The van der Waals surface area contributed by atoms with Gasteiger partial charge in [0.25, 0.3) is 11.6 Å². The average molecular weight is 357 g/mol. The third-order valence-electron chi connectivity index (χ3n) is 2.58. The van der Waals surface area contributed by atoms with Crippen molar-refractivity contribution in [3.05, 3.63) is 68.2 Å². The van der Waals surface area contributed by atoms with Crippen LogP contribution < -0.4 is 5.32 Å². The summed E-state index contributed by atoms with van der Waals surface area (Å²) in [5.41, 5.74) is -0.626. The Balaban J connectivity index is 2.34. The van der Waals surface area contributed by atoms with Crippen molar-refractivity contribution in [3.63, 3.8) is 0 Å². The molecule has 21 heavy (non-hydrogen) atoms. The number of carbonyl (C=O) groups is 1. The number of nitro groups is 1. The zero-order valence-corrected chi connectivity index (χ0v) is 11.9. The van der Waals surface area contributed by atoms with Gasteiger partial charge < -0.3 is 5.32 Å². The van der Waals surface area contributed by atoms with E-state index in [1.165, 1.54) is 6.07 Å². The Bertz CT molecular complexity index is 737. The fourth-order valence-corrected chi connectivity index (χ4v) is 2.16. The Hall–Kier alpha value is -2.35. The summed E-state index contributed by atoms with van der Waals surface area (Å²) in [6.07, 6.45) is 0. The molecule has 2 aromatic carbocycles. The summed E-state index contributed by atoms with van der Waals surface area (Å²) in [6.45, 7) is 0. The normalized spacial score (nSPS) is 10.2. The molecule has 0 unspecified atom stereocenters. The second kappa shape index (κ2) is 5.96. The third kappa shape index (κ3) is 3.40. The Morgan fingerprint density at radius 2 is 1.76 bits per heavy atom. The highest BCUT2D eigenvalue weighted by Gasteiger charge is 2.19. The van der Waals surface area contributed by atoms with E-state index in [-0.39, 0.29) is 15.7 Å². The lowest BCUT2D eigenvalue weighted by molar-refractivity contribution is -0.384. The zero-order chi connectivity index (χ0) is 15.6. The SMILES string of the molecule is O=C(Nc1ccc(F)cc1[N+](=O)[O-])c1ccc(F)cc1Br. The first kappa shape index (κ1) is 15.0. The van der Waals surface area contributed by atoms with Crippen molar-refractivity contribution in [1.82, 2.24) is 0 Å². The van der Waals surface area contributed by atoms with Gasteiger partial charge in [-0.3, -0.25) is 14.9 Å². The van der Waals surface area contributed by atoms with Gasteiger partial charge in [0, 0.05) is 4.47 Å². The van der Waals surface area contributed by atoms with Gasteiger partial charge >= 0.3 is 0 Å². The van der Waals surface area contributed by atoms with Gasteiger partial charge in [-0.1, -0.05) is 0 Å². The van der Waals surface area contributed by atoms with Crippen LogP contribution in [0.5, 0.6) is 0 Å². The Morgan fingerprint density at radius 3 is 2.38 bits per heavy atom. The zero-order valence-electron chi connectivity index (χ0n) is 10.3. The van der Waals surface area contributed by atoms with Gasteiger partial charge in [0.05, 0.1) is 16.6 Å². The van der Waals surface area contributed by atoms with Gasteiger partial charge in [-0.2, -0.15) is 0 Å². The molecule has 0 saturated carbocycles. The number of nitrogens with one attached hydrogen (secondary N) is 1. The number of nitro benzene ring substituents is 1. The van der Waals surface area contributed by atoms with Crippen LogP contribution in [0.3, 0.4) is 0 Å². The molecule has 0 heterocycles. The van der Waals surface area contributed by atoms with Crippen molar-refractivity contribution in [2.24, 2.45) is 0 Å². The molecule has 1 amide bonds. The van der Waals surface area contributed by atoms with Gasteiger partial charge in [0.1, 0.15) is 17.3 Å². The van der Waals surface area contributed by atoms with Gasteiger partial charge in [-0.25, -0.2) is 8.78 Å². The fraction of sp³-hybridized carbons (Fsp3) is 0. The first-order valence-electron chi connectivity index (χ1n) is 5.59. The molecule has 8 heteroatoms. The quantitative estimate of drug-likeness (QED) is 0.669. The summed E-state index contributed by atoms with van der Waals surface area (Å²) >= 11 is 3.03. The summed E-state index contributed by atoms with van der Waals surface area (Å²) in [5.74, 6) is -2.01. The first-order valence-corrected chi connectivity index (χ1v) is 6.38. The van der Waals surface area contributed by atoms with E-state index in [0.29, 0.717) is 6.07 Å². The van der Waals surface area contributed by atoms with Crippen molar-refractivity contribution in [1.29, 1.82) is 0 Å². The summed E-state index contributed by atoms with van der Waals surface area (Å²) < 4.78 is 26.2. The Labute approximate surface area is 125 Å². The number of rotatable bonds is 3. The van der Waals surface area contributed by atoms with Crippen molar-refractivity contribution in [2.75, 3.05) is 5.32 Å². The molecule has 0 aliphatic rings. The van der Waals surface area contributed by atoms with Crippen LogP contribution in [0.1, 0.15) is 10.4 Å². The molecule has 0 saturated heterocycles. The monoisotopic (exact) mass is 356 g/mol. The van der Waals surface area contributed by atoms with Crippen LogP contribution in [-0.4, -0.2) is 10.8 Å². The molecule has 2 rings (SSSR count). The molecule has 0 aromatic heterocycles. The van der Waals surface area contributed by atoms with Crippen molar-refractivity contribution in [2.45, 2.75) is 0 Å². The van der Waals surface area contributed by atoms with Crippen LogP contribution in [0.15, 0.2) is 40.9 Å².